The van der Waals surface area contributed by atoms with E-state index in [4.69, 9.17) is 0 Å². The van der Waals surface area contributed by atoms with Crippen LogP contribution in [0.15, 0.2) is 188 Å². The first-order chi connectivity index (χ1) is 47.8. The van der Waals surface area contributed by atoms with E-state index >= 15 is 0 Å². The Morgan fingerprint density at radius 3 is 0.650 bits per heavy atom. The highest BCUT2D eigenvalue weighted by molar-refractivity contribution is 5.93. The summed E-state index contributed by atoms with van der Waals surface area (Å²) >= 11 is 0. The summed E-state index contributed by atoms with van der Waals surface area (Å²) in [7, 11) is 0. The normalized spacial score (nSPS) is 16.1. The van der Waals surface area contributed by atoms with E-state index in [1.54, 1.807) is 22.3 Å². The summed E-state index contributed by atoms with van der Waals surface area (Å²) in [4.78, 5) is 0. The molecule has 0 heteroatoms. The van der Waals surface area contributed by atoms with Gasteiger partial charge in [0.15, 0.2) is 0 Å². The third kappa shape index (κ3) is 11.3. The second kappa shape index (κ2) is 25.6. The van der Waals surface area contributed by atoms with Gasteiger partial charge in [0.2, 0.25) is 0 Å². The standard InChI is InChI=1S/C100H112/c1-61(2)40-46-98(47-41-62(3)4)86-21-19-18-20-76(86)81-35-26-71(56-91(81)98)69-24-33-79-80-34-25-70(55-90(80)97(16,17)89(79)54-69)73-28-37-83-85-39-30-75(60-95(85)100(93(83)58-73,50-44-65(9)10)51-45-66(11)12)74-29-38-84-82-36-27-72(57-92(82)99(94(84)59-74,48-42-63(5)6)49-43-64(7)8)68-23-32-78-77-31-22-67(13)52-87(77)96(14,15)88(78)53-68/h18-39,52-66H,40-51H2,1-17H3. The molecule has 5 aliphatic rings. The maximum atomic E-state index is 2.69. The SMILES string of the molecule is Cc1ccc2c(c1)C(C)(C)c1cc(-c3ccc4c(c3)C(CCC(C)C)(CCC(C)C)c3cc(-c5ccc6c(c5)C(CCC(C)C)(CCC(C)C)c5cc(-c7ccc8c(c7)C(C)(C)c7cc(-c9ccc%10c(c9)C(CCC(C)C)(CCC(C)C)c9ccccc9-%10)ccc7-8)ccc5-6)ccc3-4)ccc1-2. The predicted molar refractivity (Wildman–Crippen MR) is 431 cm³/mol. The molecule has 0 radical (unpaired) electrons. The fraction of sp³-hybridized carbons (Fsp3) is 0.400. The molecule has 100 heavy (non-hydrogen) atoms. The van der Waals surface area contributed by atoms with E-state index in [9.17, 15) is 0 Å². The van der Waals surface area contributed by atoms with Crippen molar-refractivity contribution in [1.82, 2.24) is 0 Å². The molecule has 0 N–H and O–H groups in total. The number of rotatable bonds is 22. The zero-order chi connectivity index (χ0) is 70.1. The van der Waals surface area contributed by atoms with Crippen molar-refractivity contribution >= 4 is 0 Å². The Morgan fingerprint density at radius 1 is 0.210 bits per heavy atom. The Balaban J connectivity index is 0.784. The third-order valence-electron chi connectivity index (χ3n) is 25.7. The lowest BCUT2D eigenvalue weighted by molar-refractivity contribution is 0.364. The Bertz CT molecular complexity index is 4790. The monoisotopic (exact) mass is 1310 g/mol. The van der Waals surface area contributed by atoms with Crippen LogP contribution < -0.4 is 0 Å². The van der Waals surface area contributed by atoms with Crippen LogP contribution in [-0.4, -0.2) is 0 Å². The molecule has 0 spiro atoms. The summed E-state index contributed by atoms with van der Waals surface area (Å²) in [5, 5.41) is 0. The van der Waals surface area contributed by atoms with Crippen LogP contribution in [0.5, 0.6) is 0 Å². The zero-order valence-corrected chi connectivity index (χ0v) is 63.8. The van der Waals surface area contributed by atoms with Crippen LogP contribution in [0, 0.1) is 42.4 Å². The van der Waals surface area contributed by atoms with Gasteiger partial charge in [-0.2, -0.15) is 0 Å². The largest absolute Gasteiger partial charge is 0.0628 e. The lowest BCUT2D eigenvalue weighted by Gasteiger charge is -2.35. The molecule has 0 unspecified atom stereocenters. The summed E-state index contributed by atoms with van der Waals surface area (Å²) in [6.45, 7) is 41.1. The van der Waals surface area contributed by atoms with Crippen molar-refractivity contribution in [2.75, 3.05) is 0 Å². The quantitative estimate of drug-likeness (QED) is 0.0634. The van der Waals surface area contributed by atoms with Gasteiger partial charge in [-0.15, -0.1) is 0 Å². The number of aryl methyl sites for hydroxylation is 1. The molecule has 5 aliphatic carbocycles. The Morgan fingerprint density at radius 2 is 0.400 bits per heavy atom. The minimum Gasteiger partial charge on any atom is -0.0628 e. The van der Waals surface area contributed by atoms with E-state index < -0.39 is 0 Å². The van der Waals surface area contributed by atoms with Crippen LogP contribution in [0.1, 0.15) is 249 Å². The van der Waals surface area contributed by atoms with Gasteiger partial charge < -0.3 is 0 Å². The van der Waals surface area contributed by atoms with Gasteiger partial charge in [0, 0.05) is 27.1 Å². The summed E-state index contributed by atoms with van der Waals surface area (Å²) in [5.74, 6) is 3.70. The fourth-order valence-electron chi connectivity index (χ4n) is 19.7. The molecule has 10 aromatic rings. The van der Waals surface area contributed by atoms with E-state index in [1.165, 1.54) is 190 Å². The number of hydrogen-bond acceptors (Lipinski definition) is 0. The average Bonchev–Trinajstić information content (AvgIpc) is 1.56. The first-order valence-electron chi connectivity index (χ1n) is 39.2. The minimum absolute atomic E-state index is 0.0269. The molecule has 0 nitrogen and oxygen atoms in total. The number of fused-ring (bicyclic) bond motifs is 15. The molecule has 0 atom stereocenters. The molecule has 0 bridgehead atoms. The molecule has 0 aromatic heterocycles. The van der Waals surface area contributed by atoms with Gasteiger partial charge in [-0.05, 0) is 324 Å². The highest BCUT2D eigenvalue weighted by Crippen LogP contribution is 2.61. The molecular weight excluding hydrogens is 1200 g/mol. The summed E-state index contributed by atoms with van der Waals surface area (Å²) < 4.78 is 0. The maximum Gasteiger partial charge on any atom is 0.0215 e. The van der Waals surface area contributed by atoms with Crippen molar-refractivity contribution in [2.24, 2.45) is 35.5 Å². The highest BCUT2D eigenvalue weighted by Gasteiger charge is 2.48. The second-order valence-electron chi connectivity index (χ2n) is 35.8. The van der Waals surface area contributed by atoms with Crippen LogP contribution in [0.25, 0.3) is 100 Å². The van der Waals surface area contributed by atoms with Gasteiger partial charge in [-0.25, -0.2) is 0 Å². The van der Waals surface area contributed by atoms with Crippen LogP contribution in [-0.2, 0) is 27.1 Å². The molecule has 15 rings (SSSR count). The topological polar surface area (TPSA) is 0 Å². The molecule has 0 aliphatic heterocycles. The Hall–Kier alpha value is -7.80. The van der Waals surface area contributed by atoms with Gasteiger partial charge in [-0.3, -0.25) is 0 Å². The molecule has 512 valence electrons. The number of hydrogen-bond donors (Lipinski definition) is 0. The lowest BCUT2D eigenvalue weighted by atomic mass is 9.68. The van der Waals surface area contributed by atoms with Crippen LogP contribution in [0.2, 0.25) is 0 Å². The molecule has 0 amide bonds. The predicted octanol–water partition coefficient (Wildman–Crippen LogP) is 28.7. The molecule has 0 fully saturated rings. The fourth-order valence-corrected chi connectivity index (χ4v) is 19.7. The molecular formula is C100H112. The first-order valence-corrected chi connectivity index (χ1v) is 39.2. The van der Waals surface area contributed by atoms with Gasteiger partial charge in [-0.1, -0.05) is 256 Å². The van der Waals surface area contributed by atoms with Gasteiger partial charge in [0.05, 0.1) is 0 Å². The van der Waals surface area contributed by atoms with Gasteiger partial charge in [0.1, 0.15) is 0 Å². The molecule has 0 saturated carbocycles. The van der Waals surface area contributed by atoms with Crippen molar-refractivity contribution in [2.45, 2.75) is 222 Å². The molecule has 10 aromatic carbocycles. The minimum atomic E-state index is -0.178. The van der Waals surface area contributed by atoms with Crippen LogP contribution in [0.3, 0.4) is 0 Å². The van der Waals surface area contributed by atoms with Crippen molar-refractivity contribution in [3.05, 3.63) is 249 Å². The van der Waals surface area contributed by atoms with Crippen molar-refractivity contribution in [3.63, 3.8) is 0 Å². The van der Waals surface area contributed by atoms with Crippen molar-refractivity contribution < 1.29 is 0 Å². The van der Waals surface area contributed by atoms with E-state index in [0.717, 1.165) is 25.7 Å². The highest BCUT2D eigenvalue weighted by atomic mass is 14.5. The van der Waals surface area contributed by atoms with Crippen molar-refractivity contribution in [3.8, 4) is 100 Å². The third-order valence-corrected chi connectivity index (χ3v) is 25.7. The van der Waals surface area contributed by atoms with E-state index in [-0.39, 0.29) is 27.1 Å². The number of benzene rings is 10. The molecule has 0 saturated heterocycles. The van der Waals surface area contributed by atoms with E-state index in [0.29, 0.717) is 35.5 Å². The average molecular weight is 1310 g/mol. The van der Waals surface area contributed by atoms with Crippen LogP contribution in [0.4, 0.5) is 0 Å². The molecule has 0 heterocycles. The van der Waals surface area contributed by atoms with E-state index in [1.807, 2.05) is 0 Å². The van der Waals surface area contributed by atoms with Gasteiger partial charge >= 0.3 is 0 Å². The van der Waals surface area contributed by atoms with Crippen LogP contribution >= 0.6 is 0 Å². The second-order valence-corrected chi connectivity index (χ2v) is 35.8. The Kier molecular flexibility index (Phi) is 17.4. The lowest BCUT2D eigenvalue weighted by Crippen LogP contribution is -2.27. The van der Waals surface area contributed by atoms with E-state index in [2.05, 4.69) is 306 Å². The first kappa shape index (κ1) is 68.0. The summed E-state index contributed by atoms with van der Waals surface area (Å²) in [6, 6.07) is 76.9. The smallest absolute Gasteiger partial charge is 0.0215 e. The summed E-state index contributed by atoms with van der Waals surface area (Å²) in [6.07, 6.45) is 14.1. The zero-order valence-electron chi connectivity index (χ0n) is 63.8. The maximum absolute atomic E-state index is 2.69. The van der Waals surface area contributed by atoms with Gasteiger partial charge in [0.25, 0.3) is 0 Å². The summed E-state index contributed by atoms with van der Waals surface area (Å²) in [5.41, 5.74) is 40.8. The van der Waals surface area contributed by atoms with Crippen molar-refractivity contribution in [1.29, 1.82) is 0 Å². The Labute approximate surface area is 603 Å².